The first kappa shape index (κ1) is 12.5. The highest BCUT2D eigenvalue weighted by atomic mass is 32.2. The predicted octanol–water partition coefficient (Wildman–Crippen LogP) is 1.95. The molecule has 0 saturated carbocycles. The molecule has 17 heavy (non-hydrogen) atoms. The molecule has 1 aromatic rings. The largest absolute Gasteiger partial charge is 0.324 e. The fourth-order valence-electron chi connectivity index (χ4n) is 1.84. The highest BCUT2D eigenvalue weighted by Crippen LogP contribution is 2.18. The smallest absolute Gasteiger partial charge is 0.242 e. The molecule has 2 N–H and O–H groups in total. The Hall–Kier alpha value is -1.00. The first-order chi connectivity index (χ1) is 8.18. The third-order valence-electron chi connectivity index (χ3n) is 3.10. The van der Waals surface area contributed by atoms with E-state index in [0.29, 0.717) is 0 Å². The molecule has 1 atom stereocenters. The topological polar surface area (TPSA) is 41.1 Å². The number of benzene rings is 1. The molecule has 1 amide bonds. The number of nitrogens with one attached hydrogen (secondary N) is 2. The Morgan fingerprint density at radius 3 is 3.00 bits per heavy atom. The minimum absolute atomic E-state index is 0.0614. The fourth-order valence-corrected chi connectivity index (χ4v) is 2.77. The van der Waals surface area contributed by atoms with Gasteiger partial charge in [0.25, 0.3) is 0 Å². The van der Waals surface area contributed by atoms with Crippen molar-refractivity contribution in [3.63, 3.8) is 0 Å². The zero-order valence-corrected chi connectivity index (χ0v) is 11.1. The summed E-state index contributed by atoms with van der Waals surface area (Å²) in [6.07, 6.45) is 0. The highest BCUT2D eigenvalue weighted by Gasteiger charge is 2.21. The Morgan fingerprint density at radius 2 is 2.29 bits per heavy atom. The van der Waals surface area contributed by atoms with Crippen molar-refractivity contribution >= 4 is 23.4 Å². The van der Waals surface area contributed by atoms with Gasteiger partial charge in [0.1, 0.15) is 0 Å². The average Bonchev–Trinajstić information content (AvgIpc) is 2.36. The van der Waals surface area contributed by atoms with Crippen LogP contribution in [0.5, 0.6) is 0 Å². The van der Waals surface area contributed by atoms with Gasteiger partial charge in [-0.1, -0.05) is 12.1 Å². The van der Waals surface area contributed by atoms with Crippen molar-refractivity contribution in [3.05, 3.63) is 29.3 Å². The molecule has 1 aromatic carbocycles. The lowest BCUT2D eigenvalue weighted by atomic mass is 10.1. The Kier molecular flexibility index (Phi) is 4.07. The minimum Gasteiger partial charge on any atom is -0.324 e. The summed E-state index contributed by atoms with van der Waals surface area (Å²) in [6, 6.07) is 5.92. The molecule has 4 heteroatoms. The fraction of sp³-hybridized carbons (Fsp3) is 0.462. The molecule has 1 heterocycles. The highest BCUT2D eigenvalue weighted by molar-refractivity contribution is 7.99. The number of rotatable bonds is 2. The van der Waals surface area contributed by atoms with Crippen molar-refractivity contribution in [2.24, 2.45) is 0 Å². The van der Waals surface area contributed by atoms with Crippen LogP contribution in [0.3, 0.4) is 0 Å². The van der Waals surface area contributed by atoms with E-state index in [1.54, 1.807) is 0 Å². The summed E-state index contributed by atoms with van der Waals surface area (Å²) in [5.74, 6) is 2.02. The molecular formula is C13H18N2OS. The first-order valence-electron chi connectivity index (χ1n) is 5.86. The lowest BCUT2D eigenvalue weighted by Crippen LogP contribution is -2.46. The Labute approximate surface area is 106 Å². The quantitative estimate of drug-likeness (QED) is 0.843. The number of thioether (sulfide) groups is 1. The number of hydrogen-bond acceptors (Lipinski definition) is 3. The standard InChI is InChI=1S/C13H18N2OS/c1-9-4-3-5-11(10(9)2)15-13(16)12-8-17-7-6-14-12/h3-5,12,14H,6-8H2,1-2H3,(H,15,16). The molecule has 0 radical (unpaired) electrons. The Balaban J connectivity index is 2.04. The van der Waals surface area contributed by atoms with Crippen molar-refractivity contribution in [2.45, 2.75) is 19.9 Å². The summed E-state index contributed by atoms with van der Waals surface area (Å²) < 4.78 is 0. The van der Waals surface area contributed by atoms with E-state index < -0.39 is 0 Å². The SMILES string of the molecule is Cc1cccc(NC(=O)C2CSCCN2)c1C. The van der Waals surface area contributed by atoms with Crippen molar-refractivity contribution in [2.75, 3.05) is 23.4 Å². The average molecular weight is 250 g/mol. The van der Waals surface area contributed by atoms with E-state index in [1.165, 1.54) is 5.56 Å². The number of aryl methyl sites for hydroxylation is 1. The number of hydrogen-bond donors (Lipinski definition) is 2. The van der Waals surface area contributed by atoms with E-state index >= 15 is 0 Å². The summed E-state index contributed by atoms with van der Waals surface area (Å²) in [5, 5.41) is 6.25. The van der Waals surface area contributed by atoms with Crippen LogP contribution in [0.25, 0.3) is 0 Å². The van der Waals surface area contributed by atoms with Crippen LogP contribution in [0, 0.1) is 13.8 Å². The van der Waals surface area contributed by atoms with Gasteiger partial charge in [-0.05, 0) is 31.0 Å². The molecule has 2 rings (SSSR count). The lowest BCUT2D eigenvalue weighted by Gasteiger charge is -2.22. The third kappa shape index (κ3) is 3.01. The molecular weight excluding hydrogens is 232 g/mol. The predicted molar refractivity (Wildman–Crippen MR) is 73.7 cm³/mol. The second-order valence-corrected chi connectivity index (χ2v) is 5.47. The lowest BCUT2D eigenvalue weighted by molar-refractivity contribution is -0.117. The second-order valence-electron chi connectivity index (χ2n) is 4.32. The van der Waals surface area contributed by atoms with Gasteiger partial charge in [-0.2, -0.15) is 11.8 Å². The summed E-state index contributed by atoms with van der Waals surface area (Å²) in [7, 11) is 0. The number of anilines is 1. The molecule has 0 bridgehead atoms. The van der Waals surface area contributed by atoms with Crippen LogP contribution in [0.1, 0.15) is 11.1 Å². The molecule has 3 nitrogen and oxygen atoms in total. The van der Waals surface area contributed by atoms with E-state index in [2.05, 4.69) is 23.6 Å². The van der Waals surface area contributed by atoms with Crippen molar-refractivity contribution in [1.82, 2.24) is 5.32 Å². The Morgan fingerprint density at radius 1 is 1.47 bits per heavy atom. The first-order valence-corrected chi connectivity index (χ1v) is 7.02. The van der Waals surface area contributed by atoms with Gasteiger partial charge in [-0.3, -0.25) is 4.79 Å². The second kappa shape index (κ2) is 5.56. The van der Waals surface area contributed by atoms with Gasteiger partial charge in [-0.15, -0.1) is 0 Å². The van der Waals surface area contributed by atoms with E-state index in [4.69, 9.17) is 0 Å². The van der Waals surface area contributed by atoms with Gasteiger partial charge in [-0.25, -0.2) is 0 Å². The molecule has 1 aliphatic rings. The molecule has 1 saturated heterocycles. The van der Waals surface area contributed by atoms with Crippen molar-refractivity contribution in [3.8, 4) is 0 Å². The minimum atomic E-state index is -0.0614. The van der Waals surface area contributed by atoms with E-state index in [9.17, 15) is 4.79 Å². The van der Waals surface area contributed by atoms with Gasteiger partial charge >= 0.3 is 0 Å². The number of carbonyl (C=O) groups is 1. The van der Waals surface area contributed by atoms with E-state index in [1.807, 2.05) is 30.8 Å². The van der Waals surface area contributed by atoms with Crippen molar-refractivity contribution < 1.29 is 4.79 Å². The molecule has 1 fully saturated rings. The summed E-state index contributed by atoms with van der Waals surface area (Å²) >= 11 is 1.83. The van der Waals surface area contributed by atoms with Gasteiger partial charge in [0.05, 0.1) is 6.04 Å². The summed E-state index contributed by atoms with van der Waals surface area (Å²) in [4.78, 5) is 12.0. The summed E-state index contributed by atoms with van der Waals surface area (Å²) in [5.41, 5.74) is 3.27. The van der Waals surface area contributed by atoms with Crippen LogP contribution in [-0.4, -0.2) is 30.0 Å². The van der Waals surface area contributed by atoms with E-state index in [0.717, 1.165) is 29.3 Å². The zero-order valence-electron chi connectivity index (χ0n) is 10.2. The van der Waals surface area contributed by atoms with Crippen LogP contribution in [0.4, 0.5) is 5.69 Å². The van der Waals surface area contributed by atoms with Crippen LogP contribution < -0.4 is 10.6 Å². The van der Waals surface area contributed by atoms with Crippen LogP contribution in [0.2, 0.25) is 0 Å². The van der Waals surface area contributed by atoms with Gasteiger partial charge in [0.2, 0.25) is 5.91 Å². The third-order valence-corrected chi connectivity index (χ3v) is 4.16. The van der Waals surface area contributed by atoms with Crippen LogP contribution in [-0.2, 0) is 4.79 Å². The monoisotopic (exact) mass is 250 g/mol. The number of carbonyl (C=O) groups excluding carboxylic acids is 1. The molecule has 0 spiro atoms. The maximum atomic E-state index is 12.0. The maximum Gasteiger partial charge on any atom is 0.242 e. The molecule has 92 valence electrons. The maximum absolute atomic E-state index is 12.0. The Bertz CT molecular complexity index is 414. The van der Waals surface area contributed by atoms with Gasteiger partial charge < -0.3 is 10.6 Å². The molecule has 0 aliphatic carbocycles. The van der Waals surface area contributed by atoms with Gasteiger partial charge in [0, 0.05) is 23.7 Å². The van der Waals surface area contributed by atoms with Crippen LogP contribution in [0.15, 0.2) is 18.2 Å². The van der Waals surface area contributed by atoms with Crippen molar-refractivity contribution in [1.29, 1.82) is 0 Å². The normalized spacial score (nSPS) is 20.0. The van der Waals surface area contributed by atoms with Crippen LogP contribution >= 0.6 is 11.8 Å². The van der Waals surface area contributed by atoms with E-state index in [-0.39, 0.29) is 11.9 Å². The summed E-state index contributed by atoms with van der Waals surface area (Å²) in [6.45, 7) is 5.00. The molecule has 1 aliphatic heterocycles. The molecule has 1 unspecified atom stereocenters. The number of amides is 1. The zero-order chi connectivity index (χ0) is 12.3. The van der Waals surface area contributed by atoms with Gasteiger partial charge in [0.15, 0.2) is 0 Å². The molecule has 0 aromatic heterocycles.